The van der Waals surface area contributed by atoms with Gasteiger partial charge in [-0.05, 0) is 41.3 Å². The second kappa shape index (κ2) is 11.8. The van der Waals surface area contributed by atoms with Crippen LogP contribution in [-0.2, 0) is 30.9 Å². The standard InChI is InChI=1S/C32H27FN2O4/c33-27-15-16-28-29(19-27)35(32(38)34(31(28)37)18-17-23-7-3-1-4-8-23)20-24-11-13-26(14-12-24)30(36)22-39-21-25-9-5-2-6-10-25/h1-16,19H,17-18,20-22H2. The molecule has 39 heavy (non-hydrogen) atoms. The van der Waals surface area contributed by atoms with Crippen LogP contribution in [0.2, 0.25) is 0 Å². The summed E-state index contributed by atoms with van der Waals surface area (Å²) in [6.07, 6.45) is 0.506. The summed E-state index contributed by atoms with van der Waals surface area (Å²) < 4.78 is 22.3. The highest BCUT2D eigenvalue weighted by Gasteiger charge is 2.15. The molecule has 0 saturated heterocycles. The van der Waals surface area contributed by atoms with Crippen molar-refractivity contribution in [3.63, 3.8) is 0 Å². The number of benzene rings is 4. The van der Waals surface area contributed by atoms with Gasteiger partial charge in [0.1, 0.15) is 12.4 Å². The lowest BCUT2D eigenvalue weighted by molar-refractivity contribution is 0.0726. The second-order valence-corrected chi connectivity index (χ2v) is 9.32. The van der Waals surface area contributed by atoms with Gasteiger partial charge < -0.3 is 4.74 Å². The Kier molecular flexibility index (Phi) is 7.89. The fraction of sp³-hybridized carbons (Fsp3) is 0.156. The summed E-state index contributed by atoms with van der Waals surface area (Å²) in [7, 11) is 0. The fourth-order valence-electron chi connectivity index (χ4n) is 4.52. The van der Waals surface area contributed by atoms with Gasteiger partial charge in [-0.15, -0.1) is 0 Å². The van der Waals surface area contributed by atoms with Crippen LogP contribution in [0.15, 0.2) is 113 Å². The summed E-state index contributed by atoms with van der Waals surface area (Å²) in [5.41, 5.74) is 2.49. The summed E-state index contributed by atoms with van der Waals surface area (Å²) in [6, 6.07) is 29.9. The van der Waals surface area contributed by atoms with Crippen LogP contribution in [0.25, 0.3) is 10.9 Å². The lowest BCUT2D eigenvalue weighted by atomic mass is 10.1. The lowest BCUT2D eigenvalue weighted by Gasteiger charge is -2.15. The van der Waals surface area contributed by atoms with Crippen molar-refractivity contribution in [1.82, 2.24) is 9.13 Å². The van der Waals surface area contributed by atoms with Crippen LogP contribution in [-0.4, -0.2) is 21.5 Å². The highest BCUT2D eigenvalue weighted by Crippen LogP contribution is 2.14. The number of halogens is 1. The summed E-state index contributed by atoms with van der Waals surface area (Å²) in [5.74, 6) is -0.690. The van der Waals surface area contributed by atoms with E-state index in [9.17, 15) is 18.8 Å². The third-order valence-electron chi connectivity index (χ3n) is 6.62. The van der Waals surface area contributed by atoms with Crippen LogP contribution in [0, 0.1) is 5.82 Å². The van der Waals surface area contributed by atoms with Crippen LogP contribution in [0.3, 0.4) is 0 Å². The monoisotopic (exact) mass is 522 g/mol. The maximum atomic E-state index is 14.2. The first-order valence-electron chi connectivity index (χ1n) is 12.7. The molecule has 0 atom stereocenters. The van der Waals surface area contributed by atoms with E-state index >= 15 is 0 Å². The number of rotatable bonds is 10. The lowest BCUT2D eigenvalue weighted by Crippen LogP contribution is -2.40. The highest BCUT2D eigenvalue weighted by molar-refractivity contribution is 5.97. The fourth-order valence-corrected chi connectivity index (χ4v) is 4.52. The molecule has 0 bridgehead atoms. The minimum Gasteiger partial charge on any atom is -0.369 e. The number of carbonyl (C=O) groups excluding carboxylic acids is 1. The molecule has 6 nitrogen and oxygen atoms in total. The Bertz CT molecular complexity index is 1710. The largest absolute Gasteiger partial charge is 0.369 e. The van der Waals surface area contributed by atoms with Crippen LogP contribution >= 0.6 is 0 Å². The average Bonchev–Trinajstić information content (AvgIpc) is 2.96. The zero-order chi connectivity index (χ0) is 27.2. The minimum atomic E-state index is -0.534. The normalized spacial score (nSPS) is 11.1. The molecule has 0 aliphatic heterocycles. The summed E-state index contributed by atoms with van der Waals surface area (Å²) in [4.78, 5) is 39.2. The number of aryl methyl sites for hydroxylation is 1. The van der Waals surface area contributed by atoms with E-state index in [2.05, 4.69) is 0 Å². The van der Waals surface area contributed by atoms with E-state index < -0.39 is 17.1 Å². The van der Waals surface area contributed by atoms with Crippen LogP contribution < -0.4 is 11.2 Å². The number of ether oxygens (including phenoxy) is 1. The maximum Gasteiger partial charge on any atom is 0.331 e. The van der Waals surface area contributed by atoms with E-state index in [0.29, 0.717) is 18.6 Å². The van der Waals surface area contributed by atoms with E-state index in [0.717, 1.165) is 16.7 Å². The molecule has 7 heteroatoms. The molecule has 0 fully saturated rings. The van der Waals surface area contributed by atoms with Crippen molar-refractivity contribution in [2.45, 2.75) is 26.1 Å². The average molecular weight is 523 g/mol. The summed E-state index contributed by atoms with van der Waals surface area (Å²) in [5, 5.41) is 0.270. The first-order valence-corrected chi connectivity index (χ1v) is 12.7. The number of aromatic nitrogens is 2. The number of carbonyl (C=O) groups is 1. The zero-order valence-corrected chi connectivity index (χ0v) is 21.3. The van der Waals surface area contributed by atoms with Gasteiger partial charge in [0.2, 0.25) is 0 Å². The van der Waals surface area contributed by atoms with Gasteiger partial charge in [-0.1, -0.05) is 84.9 Å². The van der Waals surface area contributed by atoms with Gasteiger partial charge >= 0.3 is 5.69 Å². The van der Waals surface area contributed by atoms with Gasteiger partial charge in [-0.25, -0.2) is 9.18 Å². The molecule has 0 amide bonds. The number of Topliss-reactive ketones (excluding diaryl/α,β-unsaturated/α-hetero) is 1. The quantitative estimate of drug-likeness (QED) is 0.242. The van der Waals surface area contributed by atoms with E-state index in [-0.39, 0.29) is 36.4 Å². The van der Waals surface area contributed by atoms with E-state index in [1.165, 1.54) is 27.3 Å². The number of hydrogen-bond acceptors (Lipinski definition) is 4. The van der Waals surface area contributed by atoms with Crippen molar-refractivity contribution in [2.24, 2.45) is 0 Å². The van der Waals surface area contributed by atoms with Crippen molar-refractivity contribution >= 4 is 16.7 Å². The van der Waals surface area contributed by atoms with Crippen molar-refractivity contribution in [1.29, 1.82) is 0 Å². The van der Waals surface area contributed by atoms with Crippen molar-refractivity contribution in [3.8, 4) is 0 Å². The molecule has 5 rings (SSSR count). The molecule has 1 heterocycles. The molecular formula is C32H27FN2O4. The Labute approximate surface area is 224 Å². The van der Waals surface area contributed by atoms with Crippen LogP contribution in [0.1, 0.15) is 27.0 Å². The number of nitrogens with zero attached hydrogens (tertiary/aromatic N) is 2. The topological polar surface area (TPSA) is 70.3 Å². The van der Waals surface area contributed by atoms with E-state index in [4.69, 9.17) is 4.74 Å². The van der Waals surface area contributed by atoms with Gasteiger partial charge in [0, 0.05) is 12.1 Å². The molecule has 196 valence electrons. The van der Waals surface area contributed by atoms with E-state index in [1.807, 2.05) is 60.7 Å². The minimum absolute atomic E-state index is 0.0516. The molecule has 0 spiro atoms. The molecule has 0 N–H and O–H groups in total. The molecular weight excluding hydrogens is 495 g/mol. The first kappa shape index (κ1) is 26.0. The van der Waals surface area contributed by atoms with Crippen LogP contribution in [0.4, 0.5) is 4.39 Å². The molecule has 0 unspecified atom stereocenters. The Balaban J connectivity index is 1.37. The molecule has 0 radical (unpaired) electrons. The van der Waals surface area contributed by atoms with Gasteiger partial charge in [-0.3, -0.25) is 18.7 Å². The predicted molar refractivity (Wildman–Crippen MR) is 149 cm³/mol. The van der Waals surface area contributed by atoms with Crippen molar-refractivity contribution in [2.75, 3.05) is 6.61 Å². The molecule has 0 aliphatic rings. The first-order chi connectivity index (χ1) is 19.0. The number of ketones is 1. The Morgan fingerprint density at radius 1 is 0.744 bits per heavy atom. The molecule has 0 aliphatic carbocycles. The third-order valence-corrected chi connectivity index (χ3v) is 6.62. The zero-order valence-electron chi connectivity index (χ0n) is 21.3. The van der Waals surface area contributed by atoms with Gasteiger partial charge in [0.25, 0.3) is 5.56 Å². The molecule has 4 aromatic carbocycles. The summed E-state index contributed by atoms with van der Waals surface area (Å²) >= 11 is 0. The van der Waals surface area contributed by atoms with Crippen LogP contribution in [0.5, 0.6) is 0 Å². The van der Waals surface area contributed by atoms with Crippen molar-refractivity contribution in [3.05, 3.63) is 152 Å². The summed E-state index contributed by atoms with van der Waals surface area (Å²) in [6.45, 7) is 0.607. The van der Waals surface area contributed by atoms with E-state index in [1.54, 1.807) is 24.3 Å². The van der Waals surface area contributed by atoms with Gasteiger partial charge in [-0.2, -0.15) is 0 Å². The highest BCUT2D eigenvalue weighted by atomic mass is 19.1. The molecule has 0 saturated carbocycles. The third kappa shape index (κ3) is 6.10. The predicted octanol–water partition coefficient (Wildman–Crippen LogP) is 4.99. The maximum absolute atomic E-state index is 14.2. The van der Waals surface area contributed by atoms with Crippen molar-refractivity contribution < 1.29 is 13.9 Å². The smallest absolute Gasteiger partial charge is 0.331 e. The van der Waals surface area contributed by atoms with Gasteiger partial charge in [0.15, 0.2) is 5.78 Å². The number of hydrogen-bond donors (Lipinski definition) is 0. The van der Waals surface area contributed by atoms with Gasteiger partial charge in [0.05, 0.1) is 24.1 Å². The Hall–Kier alpha value is -4.62. The Morgan fingerprint density at radius 3 is 2.10 bits per heavy atom. The second-order valence-electron chi connectivity index (χ2n) is 9.32. The number of fused-ring (bicyclic) bond motifs is 1. The SMILES string of the molecule is O=C(COCc1ccccc1)c1ccc(Cn2c(=O)n(CCc3ccccc3)c(=O)c3ccc(F)cc32)cc1. The molecule has 5 aromatic rings. The molecule has 1 aromatic heterocycles. The Morgan fingerprint density at radius 2 is 1.41 bits per heavy atom.